The van der Waals surface area contributed by atoms with Crippen molar-refractivity contribution in [2.75, 3.05) is 0 Å². The third-order valence-electron chi connectivity index (χ3n) is 5.34. The maximum absolute atomic E-state index is 13.4. The van der Waals surface area contributed by atoms with Gasteiger partial charge in [0.05, 0.1) is 17.0 Å². The Hall–Kier alpha value is -3.82. The Morgan fingerprint density at radius 3 is 2.16 bits per heavy atom. The predicted molar refractivity (Wildman–Crippen MR) is 113 cm³/mol. The summed E-state index contributed by atoms with van der Waals surface area (Å²) in [5.41, 5.74) is -2.61. The highest BCUT2D eigenvalue weighted by Gasteiger charge is 2.38. The Morgan fingerprint density at radius 2 is 1.52 bits per heavy atom. The number of hydrogen-bond acceptors (Lipinski definition) is 6. The number of nitrogens with zero attached hydrogens (tertiary/aromatic N) is 2. The maximum atomic E-state index is 13.4. The second-order valence-electron chi connectivity index (χ2n) is 7.98. The summed E-state index contributed by atoms with van der Waals surface area (Å²) >= 11 is 0. The van der Waals surface area contributed by atoms with Crippen LogP contribution in [-0.4, -0.2) is 24.2 Å². The second kappa shape index (κ2) is 7.15. The molecule has 0 saturated carbocycles. The van der Waals surface area contributed by atoms with Crippen molar-refractivity contribution in [3.63, 3.8) is 0 Å². The number of aromatic amines is 2. The lowest BCUT2D eigenvalue weighted by atomic mass is 9.84. The molecule has 0 fully saturated rings. The second-order valence-corrected chi connectivity index (χ2v) is 7.98. The highest BCUT2D eigenvalue weighted by Crippen LogP contribution is 2.45. The Morgan fingerprint density at radius 1 is 0.903 bits per heavy atom. The molecule has 4 rings (SSSR count). The van der Waals surface area contributed by atoms with E-state index in [1.54, 1.807) is 52.0 Å². The summed E-state index contributed by atoms with van der Waals surface area (Å²) in [5.74, 6) is -1.39. The molecule has 1 aliphatic rings. The van der Waals surface area contributed by atoms with Gasteiger partial charge in [0.2, 0.25) is 11.8 Å². The first kappa shape index (κ1) is 20.5. The van der Waals surface area contributed by atoms with Gasteiger partial charge in [-0.25, -0.2) is 9.59 Å². The van der Waals surface area contributed by atoms with E-state index < -0.39 is 46.4 Å². The summed E-state index contributed by atoms with van der Waals surface area (Å²) in [5, 5.41) is 11.0. The molecule has 2 aromatic heterocycles. The molecule has 3 heterocycles. The average molecular weight is 426 g/mol. The smallest absolute Gasteiger partial charge is 0.331 e. The normalized spacial score (nSPS) is 15.0. The molecule has 0 unspecified atom stereocenters. The number of H-pyrrole nitrogens is 2. The molecule has 1 atom stereocenters. The zero-order chi connectivity index (χ0) is 22.6. The lowest BCUT2D eigenvalue weighted by molar-refractivity contribution is 0.368. The van der Waals surface area contributed by atoms with Gasteiger partial charge in [0, 0.05) is 17.6 Å². The molecule has 162 valence electrons. The Balaban J connectivity index is 2.17. The molecule has 0 aliphatic carbocycles. The number of aromatic hydroxyl groups is 1. The third-order valence-corrected chi connectivity index (χ3v) is 5.34. The summed E-state index contributed by atoms with van der Waals surface area (Å²) in [7, 11) is 0. The molecule has 3 aromatic rings. The van der Waals surface area contributed by atoms with E-state index in [9.17, 15) is 24.3 Å². The highest BCUT2D eigenvalue weighted by molar-refractivity contribution is 5.56. The first-order chi connectivity index (χ1) is 14.6. The zero-order valence-electron chi connectivity index (χ0n) is 17.4. The molecule has 1 aromatic carbocycles. The molecule has 0 bridgehead atoms. The minimum Gasteiger partial charge on any atom is -0.494 e. The van der Waals surface area contributed by atoms with Gasteiger partial charge in [-0.3, -0.25) is 28.7 Å². The van der Waals surface area contributed by atoms with Crippen LogP contribution >= 0.6 is 0 Å². The molecule has 10 heteroatoms. The molecular weight excluding hydrogens is 404 g/mol. The molecule has 0 saturated heterocycles. The number of ether oxygens (including phenoxy) is 1. The summed E-state index contributed by atoms with van der Waals surface area (Å²) < 4.78 is 7.84. The number of hydrogen-bond donors (Lipinski definition) is 3. The first-order valence-electron chi connectivity index (χ1n) is 9.86. The van der Waals surface area contributed by atoms with Gasteiger partial charge in [-0.05, 0) is 33.8 Å². The molecule has 1 aliphatic heterocycles. The minimum atomic E-state index is -1.07. The van der Waals surface area contributed by atoms with E-state index in [2.05, 4.69) is 9.97 Å². The molecule has 3 N–H and O–H groups in total. The van der Waals surface area contributed by atoms with Crippen LogP contribution in [0.2, 0.25) is 0 Å². The fourth-order valence-electron chi connectivity index (χ4n) is 4.02. The molecule has 31 heavy (non-hydrogen) atoms. The van der Waals surface area contributed by atoms with Crippen LogP contribution in [0, 0.1) is 0 Å². The zero-order valence-corrected chi connectivity index (χ0v) is 17.4. The van der Waals surface area contributed by atoms with E-state index in [0.29, 0.717) is 11.3 Å². The Kier molecular flexibility index (Phi) is 4.72. The standard InChI is InChI=1S/C21H22N4O6/c1-9(2)24-18(27)14(16(26)22-20(24)29)13-11-7-5-6-8-12(11)31-17-15(13)19(28)25(10(3)4)21(30)23-17/h5-10,13,27H,1-4H3,(H,23,30)(H,22,26,29)/t13-/m1/s1. The van der Waals surface area contributed by atoms with Crippen LogP contribution in [0.3, 0.4) is 0 Å². The summed E-state index contributed by atoms with van der Waals surface area (Å²) in [6.45, 7) is 6.72. The van der Waals surface area contributed by atoms with Crippen LogP contribution < -0.4 is 27.2 Å². The maximum Gasteiger partial charge on any atom is 0.331 e. The van der Waals surface area contributed by atoms with Crippen molar-refractivity contribution in [2.24, 2.45) is 0 Å². The fourth-order valence-corrected chi connectivity index (χ4v) is 4.02. The number of benzene rings is 1. The van der Waals surface area contributed by atoms with Crippen LogP contribution in [-0.2, 0) is 0 Å². The van der Waals surface area contributed by atoms with Crippen molar-refractivity contribution in [2.45, 2.75) is 45.7 Å². The number of fused-ring (bicyclic) bond motifs is 2. The van der Waals surface area contributed by atoms with Crippen LogP contribution in [0.1, 0.15) is 62.4 Å². The van der Waals surface area contributed by atoms with Gasteiger partial charge in [-0.15, -0.1) is 0 Å². The fraction of sp³-hybridized carbons (Fsp3) is 0.333. The number of aromatic nitrogens is 4. The van der Waals surface area contributed by atoms with Gasteiger partial charge in [0.15, 0.2) is 0 Å². The van der Waals surface area contributed by atoms with E-state index in [4.69, 9.17) is 4.74 Å². The summed E-state index contributed by atoms with van der Waals surface area (Å²) in [6.07, 6.45) is 0. The molecule has 0 radical (unpaired) electrons. The van der Waals surface area contributed by atoms with Gasteiger partial charge >= 0.3 is 11.4 Å². The SMILES string of the molecule is CC(C)n1c(O)c([C@H]2c3ccccc3Oc3[nH]c(=O)n(C(C)C)c(=O)c32)c(=O)[nH]c1=O. The number of nitrogens with one attached hydrogen (secondary N) is 2. The molecule has 0 spiro atoms. The monoisotopic (exact) mass is 426 g/mol. The van der Waals surface area contributed by atoms with Crippen molar-refractivity contribution >= 4 is 0 Å². The molecule has 0 amide bonds. The van der Waals surface area contributed by atoms with E-state index in [-0.39, 0.29) is 17.0 Å². The van der Waals surface area contributed by atoms with Gasteiger partial charge in [-0.2, -0.15) is 0 Å². The van der Waals surface area contributed by atoms with E-state index in [1.165, 1.54) is 0 Å². The predicted octanol–water partition coefficient (Wildman–Crippen LogP) is 1.54. The van der Waals surface area contributed by atoms with Crippen molar-refractivity contribution in [3.05, 3.63) is 82.6 Å². The van der Waals surface area contributed by atoms with Gasteiger partial charge < -0.3 is 9.84 Å². The highest BCUT2D eigenvalue weighted by atomic mass is 16.5. The topological polar surface area (TPSA) is 139 Å². The largest absolute Gasteiger partial charge is 0.494 e. The summed E-state index contributed by atoms with van der Waals surface area (Å²) in [6, 6.07) is 5.78. The third kappa shape index (κ3) is 3.02. The molecular formula is C21H22N4O6. The quantitative estimate of drug-likeness (QED) is 0.454. The first-order valence-corrected chi connectivity index (χ1v) is 9.86. The lowest BCUT2D eigenvalue weighted by Crippen LogP contribution is -2.42. The Bertz CT molecular complexity index is 1420. The minimum absolute atomic E-state index is 0.00163. The van der Waals surface area contributed by atoms with E-state index >= 15 is 0 Å². The van der Waals surface area contributed by atoms with Crippen molar-refractivity contribution < 1.29 is 9.84 Å². The Labute approximate surface area is 175 Å². The van der Waals surface area contributed by atoms with Crippen LogP contribution in [0.15, 0.2) is 43.4 Å². The van der Waals surface area contributed by atoms with Gasteiger partial charge in [0.1, 0.15) is 5.75 Å². The van der Waals surface area contributed by atoms with Crippen LogP contribution in [0.25, 0.3) is 0 Å². The van der Waals surface area contributed by atoms with Gasteiger partial charge in [-0.1, -0.05) is 18.2 Å². The van der Waals surface area contributed by atoms with Crippen LogP contribution in [0.4, 0.5) is 0 Å². The average Bonchev–Trinajstić information content (AvgIpc) is 2.66. The van der Waals surface area contributed by atoms with Crippen molar-refractivity contribution in [1.82, 2.24) is 19.1 Å². The molecule has 10 nitrogen and oxygen atoms in total. The summed E-state index contributed by atoms with van der Waals surface area (Å²) in [4.78, 5) is 55.9. The van der Waals surface area contributed by atoms with E-state index in [0.717, 1.165) is 9.13 Å². The van der Waals surface area contributed by atoms with Crippen LogP contribution in [0.5, 0.6) is 17.5 Å². The van der Waals surface area contributed by atoms with Crippen molar-refractivity contribution in [3.8, 4) is 17.5 Å². The van der Waals surface area contributed by atoms with Gasteiger partial charge in [0.25, 0.3) is 11.1 Å². The number of para-hydroxylation sites is 1. The lowest BCUT2D eigenvalue weighted by Gasteiger charge is -2.28. The number of rotatable bonds is 3. The van der Waals surface area contributed by atoms with Crippen molar-refractivity contribution in [1.29, 1.82) is 0 Å². The van der Waals surface area contributed by atoms with E-state index in [1.807, 2.05) is 0 Å².